The van der Waals surface area contributed by atoms with E-state index in [1.807, 2.05) is 4.90 Å². The summed E-state index contributed by atoms with van der Waals surface area (Å²) in [5, 5.41) is 13.7. The third-order valence-electron chi connectivity index (χ3n) is 5.36. The molecule has 1 aliphatic heterocycles. The zero-order chi connectivity index (χ0) is 20.0. The predicted octanol–water partition coefficient (Wildman–Crippen LogP) is 1.01. The van der Waals surface area contributed by atoms with Crippen LogP contribution in [0.15, 0.2) is 12.0 Å². The number of rotatable bonds is 8. The Balaban J connectivity index is 1.67. The number of aliphatic hydroxyl groups excluding tert-OH is 1. The third-order valence-corrected chi connectivity index (χ3v) is 7.50. The number of carbonyl (C=O) groups excluding carboxylic acids is 1. The van der Waals surface area contributed by atoms with Crippen LogP contribution in [0, 0.1) is 5.92 Å². The molecule has 0 spiro atoms. The fraction of sp³-hybridized carbons (Fsp3) is 0.824. The summed E-state index contributed by atoms with van der Waals surface area (Å²) in [5.74, 6) is 0.402. The molecule has 0 aromatic heterocycles. The van der Waals surface area contributed by atoms with E-state index in [1.165, 1.54) is 0 Å². The van der Waals surface area contributed by atoms with E-state index in [9.17, 15) is 18.3 Å². The average molecular weight is 442 g/mol. The minimum atomic E-state index is -3.37. The van der Waals surface area contributed by atoms with Gasteiger partial charge in [0, 0.05) is 31.1 Å². The first-order valence-electron chi connectivity index (χ1n) is 9.31. The van der Waals surface area contributed by atoms with Gasteiger partial charge in [-0.2, -0.15) is 0 Å². The molecule has 1 aliphatic carbocycles. The number of likely N-dealkylation sites (tertiary alicyclic amines) is 1. The Kier molecular flexibility index (Phi) is 8.83. The van der Waals surface area contributed by atoms with Crippen molar-refractivity contribution >= 4 is 39.1 Å². The zero-order valence-corrected chi connectivity index (χ0v) is 17.6. The Morgan fingerprint density at radius 1 is 1.22 bits per heavy atom. The van der Waals surface area contributed by atoms with Crippen molar-refractivity contribution < 1.29 is 18.3 Å². The number of hydrogen-bond donors (Lipinski definition) is 3. The Morgan fingerprint density at radius 3 is 2.48 bits per heavy atom. The fourth-order valence-electron chi connectivity index (χ4n) is 3.57. The van der Waals surface area contributed by atoms with Crippen LogP contribution in [0.2, 0.25) is 0 Å². The number of piperidine rings is 1. The molecule has 1 amide bonds. The minimum absolute atomic E-state index is 0.00660. The van der Waals surface area contributed by atoms with Crippen molar-refractivity contribution in [1.29, 1.82) is 0 Å². The van der Waals surface area contributed by atoms with Crippen LogP contribution in [0.3, 0.4) is 0 Å². The van der Waals surface area contributed by atoms with Crippen LogP contribution in [-0.4, -0.2) is 73.4 Å². The average Bonchev–Trinajstić information content (AvgIpc) is 2.64. The molecule has 10 heteroatoms. The highest BCUT2D eigenvalue weighted by atomic mass is 35.5. The summed E-state index contributed by atoms with van der Waals surface area (Å²) in [5.41, 5.74) is 0. The van der Waals surface area contributed by atoms with Gasteiger partial charge in [-0.1, -0.05) is 6.58 Å². The van der Waals surface area contributed by atoms with Crippen LogP contribution in [0.5, 0.6) is 0 Å². The molecule has 0 radical (unpaired) electrons. The van der Waals surface area contributed by atoms with Crippen molar-refractivity contribution in [3.05, 3.63) is 12.0 Å². The van der Waals surface area contributed by atoms with Crippen LogP contribution in [-0.2, 0) is 14.8 Å². The topological polar surface area (TPSA) is 98.7 Å². The standard InChI is InChI=1S/C17H29Cl2N3O4S/c1-2-27(25,26)21-6-3-12-4-7-22(8-5-12)17(24)11-20-15-9-13(18)14(19)10-16(15)23/h2,12-16,20-21,23H,1,3-11H2. The lowest BCUT2D eigenvalue weighted by Crippen LogP contribution is -2.52. The molecule has 1 saturated heterocycles. The number of amides is 1. The molecule has 7 nitrogen and oxygen atoms in total. The van der Waals surface area contributed by atoms with Gasteiger partial charge in [0.1, 0.15) is 0 Å². The lowest BCUT2D eigenvalue weighted by atomic mass is 9.91. The molecule has 0 aromatic rings. The lowest BCUT2D eigenvalue weighted by molar-refractivity contribution is -0.132. The first kappa shape index (κ1) is 22.9. The molecule has 156 valence electrons. The largest absolute Gasteiger partial charge is 0.391 e. The maximum absolute atomic E-state index is 12.4. The van der Waals surface area contributed by atoms with Crippen LogP contribution >= 0.6 is 23.2 Å². The fourth-order valence-corrected chi connectivity index (χ4v) is 4.68. The van der Waals surface area contributed by atoms with Crippen LogP contribution in [0.4, 0.5) is 0 Å². The van der Waals surface area contributed by atoms with Gasteiger partial charge in [-0.3, -0.25) is 4.79 Å². The number of halogens is 2. The SMILES string of the molecule is C=CS(=O)(=O)NCCC1CCN(C(=O)CNC2CC(Cl)C(Cl)CC2O)CC1. The van der Waals surface area contributed by atoms with Crippen LogP contribution in [0.1, 0.15) is 32.1 Å². The van der Waals surface area contributed by atoms with Gasteiger partial charge in [-0.05, 0) is 38.0 Å². The van der Waals surface area contributed by atoms with Gasteiger partial charge in [-0.15, -0.1) is 23.2 Å². The van der Waals surface area contributed by atoms with E-state index < -0.39 is 16.1 Å². The molecule has 27 heavy (non-hydrogen) atoms. The highest BCUT2D eigenvalue weighted by Gasteiger charge is 2.34. The van der Waals surface area contributed by atoms with E-state index in [0.717, 1.165) is 24.7 Å². The molecule has 0 bridgehead atoms. The summed E-state index contributed by atoms with van der Waals surface area (Å²) in [6.45, 7) is 5.14. The van der Waals surface area contributed by atoms with E-state index in [0.29, 0.717) is 38.4 Å². The second-order valence-corrected chi connectivity index (χ2v) is 10.1. The summed E-state index contributed by atoms with van der Waals surface area (Å²) >= 11 is 12.2. The first-order chi connectivity index (χ1) is 12.7. The van der Waals surface area contributed by atoms with Crippen molar-refractivity contribution in [3.8, 4) is 0 Å². The zero-order valence-electron chi connectivity index (χ0n) is 15.3. The van der Waals surface area contributed by atoms with Gasteiger partial charge in [-0.25, -0.2) is 13.1 Å². The van der Waals surface area contributed by atoms with Gasteiger partial charge in [0.2, 0.25) is 15.9 Å². The highest BCUT2D eigenvalue weighted by molar-refractivity contribution is 7.92. The van der Waals surface area contributed by atoms with E-state index in [-0.39, 0.29) is 29.2 Å². The molecule has 4 atom stereocenters. The number of nitrogens with one attached hydrogen (secondary N) is 2. The maximum atomic E-state index is 12.4. The van der Waals surface area contributed by atoms with Gasteiger partial charge in [0.25, 0.3) is 0 Å². The van der Waals surface area contributed by atoms with Gasteiger partial charge in [0.05, 0.1) is 23.4 Å². The summed E-state index contributed by atoms with van der Waals surface area (Å²) in [6, 6.07) is -0.220. The van der Waals surface area contributed by atoms with Crippen molar-refractivity contribution in [2.75, 3.05) is 26.2 Å². The number of alkyl halides is 2. The summed E-state index contributed by atoms with van der Waals surface area (Å²) in [6.07, 6.45) is 2.81. The maximum Gasteiger partial charge on any atom is 0.236 e. The first-order valence-corrected chi connectivity index (χ1v) is 11.7. The van der Waals surface area contributed by atoms with Crippen molar-refractivity contribution in [3.63, 3.8) is 0 Å². The molecule has 2 aliphatic rings. The molecule has 0 aromatic carbocycles. The number of nitrogens with zero attached hydrogens (tertiary/aromatic N) is 1. The quantitative estimate of drug-likeness (QED) is 0.488. The summed E-state index contributed by atoms with van der Waals surface area (Å²) in [4.78, 5) is 14.2. The molecule has 1 heterocycles. The Labute approximate surface area is 171 Å². The van der Waals surface area contributed by atoms with E-state index in [2.05, 4.69) is 16.6 Å². The number of aliphatic hydroxyl groups is 1. The summed E-state index contributed by atoms with van der Waals surface area (Å²) in [7, 11) is -3.37. The molecule has 4 unspecified atom stereocenters. The Hall–Kier alpha value is -0.380. The Morgan fingerprint density at radius 2 is 1.85 bits per heavy atom. The van der Waals surface area contributed by atoms with Gasteiger partial charge >= 0.3 is 0 Å². The predicted molar refractivity (Wildman–Crippen MR) is 107 cm³/mol. The summed E-state index contributed by atoms with van der Waals surface area (Å²) < 4.78 is 25.1. The molecular weight excluding hydrogens is 413 g/mol. The normalized spacial score (nSPS) is 30.3. The second-order valence-electron chi connectivity index (χ2n) is 7.28. The molecule has 1 saturated carbocycles. The monoisotopic (exact) mass is 441 g/mol. The van der Waals surface area contributed by atoms with Crippen molar-refractivity contribution in [2.24, 2.45) is 5.92 Å². The number of sulfonamides is 1. The highest BCUT2D eigenvalue weighted by Crippen LogP contribution is 2.28. The van der Waals surface area contributed by atoms with Gasteiger partial charge in [0.15, 0.2) is 0 Å². The number of carbonyl (C=O) groups is 1. The van der Waals surface area contributed by atoms with Crippen molar-refractivity contribution in [2.45, 2.75) is 55.0 Å². The van der Waals surface area contributed by atoms with Gasteiger partial charge < -0.3 is 15.3 Å². The van der Waals surface area contributed by atoms with E-state index >= 15 is 0 Å². The van der Waals surface area contributed by atoms with Crippen LogP contribution < -0.4 is 10.0 Å². The number of hydrogen-bond acceptors (Lipinski definition) is 5. The van der Waals surface area contributed by atoms with E-state index in [4.69, 9.17) is 23.2 Å². The molecule has 2 rings (SSSR count). The molecule has 2 fully saturated rings. The minimum Gasteiger partial charge on any atom is -0.391 e. The van der Waals surface area contributed by atoms with Crippen LogP contribution in [0.25, 0.3) is 0 Å². The smallest absolute Gasteiger partial charge is 0.236 e. The third kappa shape index (κ3) is 7.18. The molecular formula is C17H29Cl2N3O4S. The Bertz CT molecular complexity index is 611. The van der Waals surface area contributed by atoms with Crippen molar-refractivity contribution in [1.82, 2.24) is 14.9 Å². The van der Waals surface area contributed by atoms with E-state index in [1.54, 1.807) is 0 Å². The lowest BCUT2D eigenvalue weighted by Gasteiger charge is -2.36. The molecule has 3 N–H and O–H groups in total. The second kappa shape index (κ2) is 10.4.